The Hall–Kier alpha value is -2.89. The molecule has 0 spiro atoms. The highest BCUT2D eigenvalue weighted by Crippen LogP contribution is 2.04. The molecule has 0 aromatic heterocycles. The summed E-state index contributed by atoms with van der Waals surface area (Å²) in [5.41, 5.74) is 10.3. The molecule has 0 heterocycles. The quantitative estimate of drug-likeness (QED) is 0.0981. The highest BCUT2D eigenvalue weighted by Gasteiger charge is 2.28. The fourth-order valence-electron chi connectivity index (χ4n) is 2.06. The van der Waals surface area contributed by atoms with E-state index in [1.54, 1.807) is 13.8 Å². The van der Waals surface area contributed by atoms with E-state index in [0.717, 1.165) is 0 Å². The fraction of sp³-hybridized carbons (Fsp3) is 0.667. The average molecular weight is 387 g/mol. The molecule has 12 nitrogen and oxygen atoms in total. The number of carboxylic acids is 1. The Kier molecular flexibility index (Phi) is 11.1. The lowest BCUT2D eigenvalue weighted by molar-refractivity contribution is -0.142. The Labute approximate surface area is 157 Å². The van der Waals surface area contributed by atoms with Crippen LogP contribution in [0.2, 0.25) is 0 Å². The third-order valence-corrected chi connectivity index (χ3v) is 3.50. The van der Waals surface area contributed by atoms with E-state index in [1.807, 2.05) is 0 Å². The van der Waals surface area contributed by atoms with Crippen molar-refractivity contribution in [3.63, 3.8) is 0 Å². The fourth-order valence-corrected chi connectivity index (χ4v) is 2.06. The molecule has 3 amide bonds. The van der Waals surface area contributed by atoms with Crippen LogP contribution < -0.4 is 32.7 Å². The second-order valence-corrected chi connectivity index (χ2v) is 6.15. The molecule has 0 aromatic carbocycles. The minimum absolute atomic E-state index is 0.118. The zero-order valence-electron chi connectivity index (χ0n) is 15.5. The van der Waals surface area contributed by atoms with Gasteiger partial charge in [-0.05, 0) is 18.8 Å². The third kappa shape index (κ3) is 10.6. The molecule has 154 valence electrons. The molecule has 0 rings (SSSR count). The maximum atomic E-state index is 12.4. The molecule has 0 saturated heterocycles. The van der Waals surface area contributed by atoms with E-state index in [4.69, 9.17) is 16.9 Å². The summed E-state index contributed by atoms with van der Waals surface area (Å²) in [6.45, 7) is 3.07. The molecule has 0 aliphatic heterocycles. The maximum Gasteiger partial charge on any atom is 0.326 e. The average Bonchev–Trinajstić information content (AvgIpc) is 2.59. The van der Waals surface area contributed by atoms with Crippen molar-refractivity contribution >= 4 is 29.7 Å². The molecule has 0 aliphatic rings. The Balaban J connectivity index is 4.72. The summed E-state index contributed by atoms with van der Waals surface area (Å²) < 4.78 is 0. The summed E-state index contributed by atoms with van der Waals surface area (Å²) in [6.07, 6.45) is 0.479. The second-order valence-electron chi connectivity index (χ2n) is 6.15. The molecule has 10 N–H and O–H groups in total. The van der Waals surface area contributed by atoms with Crippen LogP contribution in [-0.4, -0.2) is 66.5 Å². The van der Waals surface area contributed by atoms with Gasteiger partial charge in [-0.2, -0.15) is 0 Å². The maximum absolute atomic E-state index is 12.4. The number of hydrogen-bond donors (Lipinski definition) is 8. The smallest absolute Gasteiger partial charge is 0.326 e. The monoisotopic (exact) mass is 387 g/mol. The SMILES string of the molecule is CC(C)C(NC(=O)CNC(=O)CN)C(=O)NC(CCCNC(=N)N)C(=O)O. The summed E-state index contributed by atoms with van der Waals surface area (Å²) in [5.74, 6) is -3.50. The van der Waals surface area contributed by atoms with Crippen molar-refractivity contribution < 1.29 is 24.3 Å². The van der Waals surface area contributed by atoms with Gasteiger partial charge in [-0.1, -0.05) is 13.8 Å². The number of rotatable bonds is 12. The van der Waals surface area contributed by atoms with Crippen LogP contribution in [0.1, 0.15) is 26.7 Å². The highest BCUT2D eigenvalue weighted by molar-refractivity contribution is 5.92. The minimum Gasteiger partial charge on any atom is -0.480 e. The first-order valence-corrected chi connectivity index (χ1v) is 8.45. The predicted molar refractivity (Wildman–Crippen MR) is 97.6 cm³/mol. The van der Waals surface area contributed by atoms with Crippen LogP contribution in [0.15, 0.2) is 0 Å². The molecule has 2 unspecified atom stereocenters. The molecule has 0 bridgehead atoms. The Bertz CT molecular complexity index is 553. The molecule has 0 radical (unpaired) electrons. The van der Waals surface area contributed by atoms with Crippen molar-refractivity contribution in [2.45, 2.75) is 38.8 Å². The molecule has 0 saturated carbocycles. The normalized spacial score (nSPS) is 12.6. The first-order valence-electron chi connectivity index (χ1n) is 8.45. The van der Waals surface area contributed by atoms with E-state index in [0.29, 0.717) is 13.0 Å². The van der Waals surface area contributed by atoms with Crippen molar-refractivity contribution in [3.8, 4) is 0 Å². The zero-order valence-corrected chi connectivity index (χ0v) is 15.5. The number of carboxylic acid groups (broad SMARTS) is 1. The minimum atomic E-state index is -1.21. The third-order valence-electron chi connectivity index (χ3n) is 3.50. The van der Waals surface area contributed by atoms with E-state index in [2.05, 4.69) is 21.3 Å². The van der Waals surface area contributed by atoms with Crippen molar-refractivity contribution in [2.75, 3.05) is 19.6 Å². The van der Waals surface area contributed by atoms with Gasteiger partial charge in [-0.25, -0.2) is 4.79 Å². The van der Waals surface area contributed by atoms with E-state index in [9.17, 15) is 24.3 Å². The summed E-state index contributed by atoms with van der Waals surface area (Å²) in [5, 5.41) is 26.0. The molecule has 0 aliphatic carbocycles. The van der Waals surface area contributed by atoms with Gasteiger partial charge in [0, 0.05) is 6.54 Å². The van der Waals surface area contributed by atoms with Crippen LogP contribution in [0.4, 0.5) is 0 Å². The first-order chi connectivity index (χ1) is 12.6. The first kappa shape index (κ1) is 24.1. The number of aliphatic carboxylic acids is 1. The van der Waals surface area contributed by atoms with Gasteiger partial charge in [-0.3, -0.25) is 19.8 Å². The van der Waals surface area contributed by atoms with E-state index in [1.165, 1.54) is 0 Å². The number of amides is 3. The molecule has 2 atom stereocenters. The van der Waals surface area contributed by atoms with Crippen molar-refractivity contribution in [2.24, 2.45) is 17.4 Å². The van der Waals surface area contributed by atoms with Crippen LogP contribution in [0.3, 0.4) is 0 Å². The standard InChI is InChI=1S/C15H29N7O5/c1-8(2)12(22-11(24)7-20-10(23)6-16)13(25)21-9(14(26)27)4-3-5-19-15(17)18/h8-9,12H,3-7,16H2,1-2H3,(H,20,23)(H,21,25)(H,22,24)(H,26,27)(H4,17,18,19). The number of carbonyl (C=O) groups excluding carboxylic acids is 3. The second kappa shape index (κ2) is 12.5. The largest absolute Gasteiger partial charge is 0.480 e. The van der Waals surface area contributed by atoms with Gasteiger partial charge in [0.1, 0.15) is 12.1 Å². The van der Waals surface area contributed by atoms with Crippen LogP contribution in [0.25, 0.3) is 0 Å². The molecule has 27 heavy (non-hydrogen) atoms. The number of carbonyl (C=O) groups is 4. The van der Waals surface area contributed by atoms with Gasteiger partial charge in [-0.15, -0.1) is 0 Å². The van der Waals surface area contributed by atoms with Gasteiger partial charge < -0.3 is 37.8 Å². The van der Waals surface area contributed by atoms with E-state index in [-0.39, 0.29) is 31.4 Å². The summed E-state index contributed by atoms with van der Waals surface area (Å²) in [6, 6.07) is -2.12. The molecule has 0 fully saturated rings. The van der Waals surface area contributed by atoms with Crippen LogP contribution >= 0.6 is 0 Å². The summed E-state index contributed by atoms with van der Waals surface area (Å²) >= 11 is 0. The van der Waals surface area contributed by atoms with Crippen molar-refractivity contribution in [1.29, 1.82) is 5.41 Å². The molecule has 0 aromatic rings. The number of nitrogens with two attached hydrogens (primary N) is 2. The van der Waals surface area contributed by atoms with Crippen molar-refractivity contribution in [3.05, 3.63) is 0 Å². The summed E-state index contributed by atoms with van der Waals surface area (Å²) in [4.78, 5) is 46.7. The number of guanidine groups is 1. The van der Waals surface area contributed by atoms with Gasteiger partial charge in [0.2, 0.25) is 17.7 Å². The highest BCUT2D eigenvalue weighted by atomic mass is 16.4. The van der Waals surface area contributed by atoms with Crippen molar-refractivity contribution in [1.82, 2.24) is 21.3 Å². The van der Waals surface area contributed by atoms with Crippen LogP contribution in [0, 0.1) is 11.3 Å². The lowest BCUT2D eigenvalue weighted by Crippen LogP contribution is -2.55. The molecule has 12 heteroatoms. The van der Waals surface area contributed by atoms with Gasteiger partial charge in [0.15, 0.2) is 5.96 Å². The Morgan fingerprint density at radius 1 is 1.07 bits per heavy atom. The number of hydrogen-bond acceptors (Lipinski definition) is 6. The Morgan fingerprint density at radius 3 is 2.19 bits per heavy atom. The molecular weight excluding hydrogens is 358 g/mol. The number of nitrogens with one attached hydrogen (secondary N) is 5. The predicted octanol–water partition coefficient (Wildman–Crippen LogP) is -2.97. The van der Waals surface area contributed by atoms with Gasteiger partial charge in [0.25, 0.3) is 0 Å². The lowest BCUT2D eigenvalue weighted by Gasteiger charge is -2.24. The zero-order chi connectivity index (χ0) is 21.0. The van der Waals surface area contributed by atoms with Crippen LogP contribution in [-0.2, 0) is 19.2 Å². The van der Waals surface area contributed by atoms with Gasteiger partial charge >= 0.3 is 5.97 Å². The van der Waals surface area contributed by atoms with Gasteiger partial charge in [0.05, 0.1) is 13.1 Å². The van der Waals surface area contributed by atoms with E-state index >= 15 is 0 Å². The summed E-state index contributed by atoms with van der Waals surface area (Å²) in [7, 11) is 0. The van der Waals surface area contributed by atoms with E-state index < -0.39 is 35.8 Å². The lowest BCUT2D eigenvalue weighted by atomic mass is 10.0. The topological polar surface area (TPSA) is 213 Å². The Morgan fingerprint density at radius 2 is 1.70 bits per heavy atom. The van der Waals surface area contributed by atoms with Crippen LogP contribution in [0.5, 0.6) is 0 Å². The molecular formula is C15H29N7O5.